The Morgan fingerprint density at radius 3 is 0.698 bits per heavy atom. The fourth-order valence-electron chi connectivity index (χ4n) is 13.8. The van der Waals surface area contributed by atoms with Gasteiger partial charge in [-0.3, -0.25) is 38.4 Å². The molecule has 482 valence electrons. The number of fused-ring (bicyclic) bond motifs is 2. The summed E-state index contributed by atoms with van der Waals surface area (Å²) in [6.07, 6.45) is -0.579. The van der Waals surface area contributed by atoms with E-state index in [2.05, 4.69) is 21.3 Å². The van der Waals surface area contributed by atoms with Gasteiger partial charge in [0.15, 0.2) is 0 Å². The lowest BCUT2D eigenvalue weighted by Gasteiger charge is -2.38. The van der Waals surface area contributed by atoms with Crippen molar-refractivity contribution < 1.29 is 38.4 Å². The highest BCUT2D eigenvalue weighted by Crippen LogP contribution is 2.74. The minimum atomic E-state index is -2.20. The fraction of sp³-hybridized carbons (Fsp3) is 0.205. The summed E-state index contributed by atoms with van der Waals surface area (Å²) in [5.74, 6) is -7.60. The highest BCUT2D eigenvalue weighted by molar-refractivity contribution is 7.73. The van der Waals surface area contributed by atoms with E-state index in [1.54, 1.807) is 48.5 Å². The Bertz CT molecular complexity index is 3910. The molecule has 4 aliphatic rings. The van der Waals surface area contributed by atoms with Gasteiger partial charge < -0.3 is 21.3 Å². The Labute approximate surface area is 560 Å². The maximum atomic E-state index is 15.5. The molecule has 0 radical (unpaired) electrons. The molecule has 0 aliphatic carbocycles. The van der Waals surface area contributed by atoms with E-state index in [0.29, 0.717) is 32.9 Å². The van der Waals surface area contributed by atoms with Crippen LogP contribution in [0.3, 0.4) is 0 Å². The highest BCUT2D eigenvalue weighted by atomic mass is 31.1. The van der Waals surface area contributed by atoms with E-state index < -0.39 is 86.8 Å². The number of benzene rings is 9. The zero-order valence-electron chi connectivity index (χ0n) is 53.5. The molecule has 4 fully saturated rings. The van der Waals surface area contributed by atoms with E-state index in [-0.39, 0.29) is 71.6 Å². The van der Waals surface area contributed by atoms with Gasteiger partial charge >= 0.3 is 0 Å². The lowest BCUT2D eigenvalue weighted by atomic mass is 10.0. The van der Waals surface area contributed by atoms with Crippen LogP contribution in [0.25, 0.3) is 0 Å². The second-order valence-electron chi connectivity index (χ2n) is 24.5. The largest absolute Gasteiger partial charge is 0.346 e. The first kappa shape index (κ1) is 64.3. The van der Waals surface area contributed by atoms with Crippen molar-refractivity contribution in [3.8, 4) is 0 Å². The first-order valence-electron chi connectivity index (χ1n) is 32.4. The van der Waals surface area contributed by atoms with Crippen molar-refractivity contribution in [3.05, 3.63) is 309 Å². The number of carbonyl (C=O) groups excluding carboxylic acids is 8. The molecule has 4 heterocycles. The molecule has 9 aromatic rings. The maximum Gasteiger partial charge on any atom is 0.252 e. The van der Waals surface area contributed by atoms with Crippen LogP contribution in [0.5, 0.6) is 0 Å². The molecule has 1 unspecified atom stereocenters. The minimum Gasteiger partial charge on any atom is -0.346 e. The number of nitrogens with one attached hydrogen (secondary N) is 4. The lowest BCUT2D eigenvalue weighted by molar-refractivity contribution is -0.171. The number of nitrogens with zero attached hydrogens (tertiary/aromatic N) is 4. The van der Waals surface area contributed by atoms with Crippen LogP contribution in [0, 0.1) is 0 Å². The van der Waals surface area contributed by atoms with Crippen LogP contribution in [0.15, 0.2) is 243 Å². The lowest BCUT2D eigenvalue weighted by Crippen LogP contribution is -2.50. The molecule has 0 aromatic heterocycles. The Kier molecular flexibility index (Phi) is 18.7. The average Bonchev–Trinajstić information content (AvgIpc) is 1.55. The second kappa shape index (κ2) is 27.9. The Hall–Kier alpha value is -10.4. The molecule has 0 bridgehead atoms. The van der Waals surface area contributed by atoms with Gasteiger partial charge in [0.05, 0.1) is 24.2 Å². The van der Waals surface area contributed by atoms with Crippen molar-refractivity contribution >= 4 is 73.7 Å². The molecule has 13 rings (SSSR count). The molecule has 9 aromatic carbocycles. The molecular weight excluding hydrogens is 1240 g/mol. The van der Waals surface area contributed by atoms with Crippen LogP contribution >= 0.6 is 15.8 Å². The average molecular weight is 1310 g/mol. The fourth-order valence-corrected chi connectivity index (χ4v) is 21.3. The highest BCUT2D eigenvalue weighted by Gasteiger charge is 2.60. The third-order valence-electron chi connectivity index (χ3n) is 18.5. The molecule has 4 saturated heterocycles. The number of carbonyl (C=O) groups is 8. The summed E-state index contributed by atoms with van der Waals surface area (Å²) in [6, 6.07) is 72.6. The summed E-state index contributed by atoms with van der Waals surface area (Å²) in [7, 11) is -4.41. The Morgan fingerprint density at radius 2 is 0.479 bits per heavy atom. The number of hydrogen-bond acceptors (Lipinski definition) is 8. The van der Waals surface area contributed by atoms with Gasteiger partial charge in [-0.25, -0.2) is 20.0 Å². The van der Waals surface area contributed by atoms with Crippen molar-refractivity contribution in [2.24, 2.45) is 0 Å². The molecule has 18 heteroatoms. The van der Waals surface area contributed by atoms with Gasteiger partial charge in [0.25, 0.3) is 23.6 Å². The number of hydrogen-bond donors (Lipinski definition) is 4. The van der Waals surface area contributed by atoms with Gasteiger partial charge in [-0.1, -0.05) is 218 Å². The number of amides is 8. The van der Waals surface area contributed by atoms with Gasteiger partial charge in [0.1, 0.15) is 23.1 Å². The first-order chi connectivity index (χ1) is 46.7. The summed E-state index contributed by atoms with van der Waals surface area (Å²) in [4.78, 5) is 123. The van der Waals surface area contributed by atoms with Crippen LogP contribution < -0.4 is 31.9 Å². The van der Waals surface area contributed by atoms with Crippen molar-refractivity contribution in [1.82, 2.24) is 41.3 Å². The molecular formula is C78H72N8O8P2. The minimum absolute atomic E-state index is 0.145. The normalized spacial score (nSPS) is 19.8. The Balaban J connectivity index is 1.07. The van der Waals surface area contributed by atoms with Crippen LogP contribution in [0.4, 0.5) is 0 Å². The maximum absolute atomic E-state index is 15.5. The van der Waals surface area contributed by atoms with Crippen molar-refractivity contribution in [2.75, 3.05) is 0 Å². The number of rotatable bonds is 18. The quantitative estimate of drug-likeness (QED) is 0.0609. The Morgan fingerprint density at radius 1 is 0.292 bits per heavy atom. The van der Waals surface area contributed by atoms with Crippen LogP contribution in [-0.2, 0) is 19.2 Å². The second-order valence-corrected chi connectivity index (χ2v) is 29.1. The van der Waals surface area contributed by atoms with E-state index in [4.69, 9.17) is 0 Å². The van der Waals surface area contributed by atoms with E-state index in [1.807, 2.05) is 222 Å². The van der Waals surface area contributed by atoms with E-state index in [9.17, 15) is 0 Å². The third-order valence-corrected chi connectivity index (χ3v) is 24.7. The predicted octanol–water partition coefficient (Wildman–Crippen LogP) is 13.4. The topological polar surface area (TPSA) is 198 Å². The summed E-state index contributed by atoms with van der Waals surface area (Å²) < 4.78 is 0. The summed E-state index contributed by atoms with van der Waals surface area (Å²) in [6.45, 7) is 7.58. The summed E-state index contributed by atoms with van der Waals surface area (Å²) >= 11 is 0. The van der Waals surface area contributed by atoms with E-state index >= 15 is 38.4 Å². The number of hydrazine groups is 2. The van der Waals surface area contributed by atoms with Gasteiger partial charge in [-0.05, 0) is 123 Å². The van der Waals surface area contributed by atoms with Gasteiger partial charge in [0, 0.05) is 47.9 Å². The molecule has 96 heavy (non-hydrogen) atoms. The monoisotopic (exact) mass is 1310 g/mol. The third kappa shape index (κ3) is 12.4. The predicted molar refractivity (Wildman–Crippen MR) is 371 cm³/mol. The first-order valence-corrected chi connectivity index (χ1v) is 35.4. The van der Waals surface area contributed by atoms with Crippen molar-refractivity contribution in [2.45, 2.75) is 101 Å². The van der Waals surface area contributed by atoms with Crippen molar-refractivity contribution in [3.63, 3.8) is 0 Å². The molecule has 0 saturated carbocycles. The summed E-state index contributed by atoms with van der Waals surface area (Å²) in [5.41, 5.74) is 6.21. The van der Waals surface area contributed by atoms with Gasteiger partial charge in [-0.2, -0.15) is 0 Å². The van der Waals surface area contributed by atoms with E-state index in [1.165, 1.54) is 20.0 Å². The van der Waals surface area contributed by atoms with Crippen molar-refractivity contribution in [1.29, 1.82) is 0 Å². The SMILES string of the molecule is C[C@H](NC(=O)c1ccccc1[C@H]1N2C(=O)CCC(=O)N2[C@H](c2ccccc2C(=O)N[C@@H](C)c2ccccc2)P1c1ccccc1P1[C@@H](c2ccccc2C(=O)N[C@@H](C)c2ccccc2)N2C(=O)CCC(=O)N2[C@@H]1c1ccccc1C(=O)N[C@H](C)c1ccccc1)c1ccccc1. The summed E-state index contributed by atoms with van der Waals surface area (Å²) in [5, 5.41) is 20.2. The molecule has 8 amide bonds. The molecule has 16 nitrogen and oxygen atoms in total. The van der Waals surface area contributed by atoms with E-state index in [0.717, 1.165) is 22.3 Å². The molecule has 0 spiro atoms. The molecule has 4 N–H and O–H groups in total. The van der Waals surface area contributed by atoms with Crippen LogP contribution in [0.2, 0.25) is 0 Å². The zero-order valence-corrected chi connectivity index (χ0v) is 55.3. The standard InChI is InChI=1S/C78H72N8O8P2/c1-49(53-27-9-5-10-28-53)79-71(91)57-35-17-21-39-61(57)75-83-67(87)45-46-68(88)84(83)76(62-40-22-18-36-58(62)72(92)80-50(2)54-29-11-6-12-30-54)95(75)65-43-25-26-44-66(65)96-77(63-41-23-19-37-59(63)73(93)81-51(3)55-31-13-7-14-32-55)85-69(89)47-48-70(90)86(85)78(96)64-42-24-20-38-60(64)74(94)82-52(4)56-33-15-8-16-34-56/h5-44,49-52,75-78H,45-48H2,1-4H3,(H,79,91)(H,80,92)(H,81,93)(H,82,94)/t49-,50-,51-,52+,75-,76-,77-,78-,96?/m0/s1. The smallest absolute Gasteiger partial charge is 0.252 e. The van der Waals surface area contributed by atoms with Gasteiger partial charge in [-0.15, -0.1) is 0 Å². The van der Waals surface area contributed by atoms with Crippen LogP contribution in [0.1, 0.15) is 187 Å². The molecule has 9 atom stereocenters. The van der Waals surface area contributed by atoms with Gasteiger partial charge in [0.2, 0.25) is 23.6 Å². The van der Waals surface area contributed by atoms with Crippen LogP contribution in [-0.4, -0.2) is 67.3 Å². The molecule has 4 aliphatic heterocycles. The zero-order chi connectivity index (χ0) is 66.7.